The predicted molar refractivity (Wildman–Crippen MR) is 56.0 cm³/mol. The molecule has 0 fully saturated rings. The number of aliphatic hydroxyl groups is 1. The van der Waals surface area contributed by atoms with E-state index in [0.717, 1.165) is 0 Å². The zero-order valence-electron chi connectivity index (χ0n) is 7.74. The third kappa shape index (κ3) is 2.96. The van der Waals surface area contributed by atoms with Crippen LogP contribution in [-0.4, -0.2) is 16.3 Å². The molecule has 0 bridgehead atoms. The molecule has 2 N–H and O–H groups in total. The first-order valence-electron chi connectivity index (χ1n) is 4.31. The molecule has 1 aromatic rings. The first kappa shape index (κ1) is 11.5. The Morgan fingerprint density at radius 1 is 1.50 bits per heavy atom. The van der Waals surface area contributed by atoms with Crippen molar-refractivity contribution in [3.63, 3.8) is 0 Å². The van der Waals surface area contributed by atoms with E-state index in [4.69, 9.17) is 5.11 Å². The number of halogens is 2. The largest absolute Gasteiger partial charge is 0.508 e. The topological polar surface area (TPSA) is 40.5 Å². The minimum atomic E-state index is -0.498. The van der Waals surface area contributed by atoms with Gasteiger partial charge in [0, 0.05) is 10.4 Å². The van der Waals surface area contributed by atoms with E-state index in [1.165, 1.54) is 18.2 Å². The van der Waals surface area contributed by atoms with E-state index in [-0.39, 0.29) is 10.6 Å². The first-order chi connectivity index (χ1) is 6.50. The number of aliphatic hydroxyl groups excluding tert-OH is 1. The highest BCUT2D eigenvalue weighted by Gasteiger charge is 2.14. The van der Waals surface area contributed by atoms with Crippen molar-refractivity contribution in [1.82, 2.24) is 0 Å². The van der Waals surface area contributed by atoms with Gasteiger partial charge >= 0.3 is 0 Å². The van der Waals surface area contributed by atoms with Gasteiger partial charge in [0.05, 0.1) is 6.10 Å². The van der Waals surface area contributed by atoms with Crippen molar-refractivity contribution in [2.24, 2.45) is 0 Å². The number of phenolic OH excluding ortho intramolecular Hbond substituents is 1. The van der Waals surface area contributed by atoms with Crippen LogP contribution in [0.2, 0.25) is 0 Å². The molecule has 78 valence electrons. The zero-order chi connectivity index (χ0) is 10.7. The van der Waals surface area contributed by atoms with Crippen LogP contribution in [0.3, 0.4) is 0 Å². The van der Waals surface area contributed by atoms with Crippen LogP contribution in [0.15, 0.2) is 18.2 Å². The van der Waals surface area contributed by atoms with Crippen LogP contribution in [0.25, 0.3) is 0 Å². The average molecular weight is 263 g/mol. The summed E-state index contributed by atoms with van der Waals surface area (Å²) in [6.07, 6.45) is -0.0705. The molecule has 0 radical (unpaired) electrons. The summed E-state index contributed by atoms with van der Waals surface area (Å²) in [5, 5.41) is 18.6. The second kappa shape index (κ2) is 4.75. The van der Waals surface area contributed by atoms with Crippen LogP contribution in [0, 0.1) is 5.82 Å². The number of benzene rings is 1. The second-order valence-corrected chi connectivity index (χ2v) is 4.36. The number of alkyl halides is 1. The van der Waals surface area contributed by atoms with Crippen molar-refractivity contribution >= 4 is 15.9 Å². The van der Waals surface area contributed by atoms with Crippen molar-refractivity contribution in [3.8, 4) is 5.75 Å². The summed E-state index contributed by atoms with van der Waals surface area (Å²) in [7, 11) is 0. The van der Waals surface area contributed by atoms with E-state index >= 15 is 0 Å². The Balaban J connectivity index is 2.88. The summed E-state index contributed by atoms with van der Waals surface area (Å²) in [5.74, 6) is -0.359. The molecule has 0 saturated carbocycles. The normalized spacial score (nSPS) is 15.1. The molecule has 0 aromatic heterocycles. The third-order valence-electron chi connectivity index (χ3n) is 1.88. The Morgan fingerprint density at radius 2 is 2.14 bits per heavy atom. The Morgan fingerprint density at radius 3 is 2.71 bits per heavy atom. The highest BCUT2D eigenvalue weighted by atomic mass is 79.9. The summed E-state index contributed by atoms with van der Waals surface area (Å²) in [6.45, 7) is 1.64. The molecule has 0 saturated heterocycles. The summed E-state index contributed by atoms with van der Waals surface area (Å²) in [6, 6.07) is 3.76. The van der Waals surface area contributed by atoms with Gasteiger partial charge in [0.1, 0.15) is 11.6 Å². The van der Waals surface area contributed by atoms with Crippen LogP contribution in [0.5, 0.6) is 5.75 Å². The van der Waals surface area contributed by atoms with Crippen LogP contribution in [0.1, 0.15) is 23.7 Å². The van der Waals surface area contributed by atoms with Crippen molar-refractivity contribution < 1.29 is 14.6 Å². The molecule has 0 amide bonds. The molecule has 14 heavy (non-hydrogen) atoms. The number of phenols is 1. The first-order valence-corrected chi connectivity index (χ1v) is 5.23. The van der Waals surface area contributed by atoms with Gasteiger partial charge in [0.25, 0.3) is 0 Å². The van der Waals surface area contributed by atoms with Crippen LogP contribution < -0.4 is 0 Å². The SMILES string of the molecule is CC(O)C[C@H](Br)c1cc(F)ccc1O. The lowest BCUT2D eigenvalue weighted by Crippen LogP contribution is -2.04. The molecule has 0 aliphatic rings. The average Bonchev–Trinajstić information content (AvgIpc) is 2.08. The van der Waals surface area contributed by atoms with Gasteiger partial charge in [-0.25, -0.2) is 4.39 Å². The monoisotopic (exact) mass is 262 g/mol. The maximum Gasteiger partial charge on any atom is 0.123 e. The number of hydrogen-bond donors (Lipinski definition) is 2. The molecule has 4 heteroatoms. The maximum absolute atomic E-state index is 12.9. The fourth-order valence-electron chi connectivity index (χ4n) is 1.20. The van der Waals surface area contributed by atoms with Gasteiger partial charge in [-0.3, -0.25) is 0 Å². The van der Waals surface area contributed by atoms with Crippen molar-refractivity contribution in [1.29, 1.82) is 0 Å². The molecular weight excluding hydrogens is 251 g/mol. The van der Waals surface area contributed by atoms with E-state index in [0.29, 0.717) is 12.0 Å². The second-order valence-electron chi connectivity index (χ2n) is 3.26. The summed E-state index contributed by atoms with van der Waals surface area (Å²) in [5.41, 5.74) is 0.464. The molecule has 2 atom stereocenters. The molecule has 1 aromatic carbocycles. The van der Waals surface area contributed by atoms with Gasteiger partial charge in [0.2, 0.25) is 0 Å². The van der Waals surface area contributed by atoms with E-state index in [1.807, 2.05) is 0 Å². The minimum absolute atomic E-state index is 0.0360. The fourth-order valence-corrected chi connectivity index (χ4v) is 2.11. The third-order valence-corrected chi connectivity index (χ3v) is 2.74. The quantitative estimate of drug-likeness (QED) is 0.823. The molecule has 0 spiro atoms. The van der Waals surface area contributed by atoms with Gasteiger partial charge in [-0.15, -0.1) is 0 Å². The van der Waals surface area contributed by atoms with E-state index in [1.54, 1.807) is 6.92 Å². The van der Waals surface area contributed by atoms with Crippen LogP contribution >= 0.6 is 15.9 Å². The molecule has 2 nitrogen and oxygen atoms in total. The highest BCUT2D eigenvalue weighted by Crippen LogP contribution is 2.34. The Bertz CT molecular complexity index is 315. The van der Waals surface area contributed by atoms with Crippen molar-refractivity contribution in [2.45, 2.75) is 24.3 Å². The van der Waals surface area contributed by atoms with E-state index < -0.39 is 11.9 Å². The van der Waals surface area contributed by atoms with Gasteiger partial charge in [-0.1, -0.05) is 15.9 Å². The lowest BCUT2D eigenvalue weighted by Gasteiger charge is -2.13. The summed E-state index contributed by atoms with van der Waals surface area (Å²) >= 11 is 3.28. The van der Waals surface area contributed by atoms with Crippen molar-refractivity contribution in [2.75, 3.05) is 0 Å². The van der Waals surface area contributed by atoms with Crippen LogP contribution in [-0.2, 0) is 0 Å². The van der Waals surface area contributed by atoms with Gasteiger partial charge in [0.15, 0.2) is 0 Å². The summed E-state index contributed by atoms with van der Waals surface area (Å²) in [4.78, 5) is -0.238. The number of rotatable bonds is 3. The Kier molecular flexibility index (Phi) is 3.89. The Labute approximate surface area is 90.5 Å². The minimum Gasteiger partial charge on any atom is -0.508 e. The standard InChI is InChI=1S/C10H12BrFO2/c1-6(13)4-9(11)8-5-7(12)2-3-10(8)14/h2-3,5-6,9,13-14H,4H2,1H3/t6?,9-/m0/s1. The van der Waals surface area contributed by atoms with Gasteiger partial charge in [-0.05, 0) is 31.5 Å². The number of aromatic hydroxyl groups is 1. The Hall–Kier alpha value is -0.610. The maximum atomic E-state index is 12.9. The zero-order valence-corrected chi connectivity index (χ0v) is 9.33. The van der Waals surface area contributed by atoms with Gasteiger partial charge in [-0.2, -0.15) is 0 Å². The fraction of sp³-hybridized carbons (Fsp3) is 0.400. The lowest BCUT2D eigenvalue weighted by atomic mass is 10.1. The summed E-state index contributed by atoms with van der Waals surface area (Å²) < 4.78 is 12.9. The lowest BCUT2D eigenvalue weighted by molar-refractivity contribution is 0.184. The van der Waals surface area contributed by atoms with E-state index in [9.17, 15) is 9.50 Å². The number of hydrogen-bond acceptors (Lipinski definition) is 2. The highest BCUT2D eigenvalue weighted by molar-refractivity contribution is 9.09. The van der Waals surface area contributed by atoms with E-state index in [2.05, 4.69) is 15.9 Å². The molecule has 0 aliphatic carbocycles. The molecule has 1 unspecified atom stereocenters. The van der Waals surface area contributed by atoms with Gasteiger partial charge < -0.3 is 10.2 Å². The smallest absolute Gasteiger partial charge is 0.123 e. The predicted octanol–water partition coefficient (Wildman–Crippen LogP) is 2.74. The molecular formula is C10H12BrFO2. The molecule has 1 rings (SSSR count). The molecule has 0 aliphatic heterocycles. The van der Waals surface area contributed by atoms with Crippen molar-refractivity contribution in [3.05, 3.63) is 29.6 Å². The van der Waals surface area contributed by atoms with Crippen LogP contribution in [0.4, 0.5) is 4.39 Å². The molecule has 0 heterocycles.